The third kappa shape index (κ3) is 4.08. The highest BCUT2D eigenvalue weighted by atomic mass is 16.5. The molecule has 2 aromatic rings. The van der Waals surface area contributed by atoms with Crippen LogP contribution in [-0.4, -0.2) is 17.7 Å². The minimum Gasteiger partial charge on any atom is -0.494 e. The van der Waals surface area contributed by atoms with Crippen LogP contribution in [0.25, 0.3) is 0 Å². The van der Waals surface area contributed by atoms with Crippen LogP contribution < -0.4 is 10.1 Å². The van der Waals surface area contributed by atoms with E-state index in [2.05, 4.69) is 10.5 Å². The lowest BCUT2D eigenvalue weighted by molar-refractivity contribution is -0.120. The number of nitrogens with one attached hydrogen (secondary N) is 1. The lowest BCUT2D eigenvalue weighted by atomic mass is 10.1. The van der Waals surface area contributed by atoms with Gasteiger partial charge in [0.15, 0.2) is 0 Å². The van der Waals surface area contributed by atoms with E-state index in [4.69, 9.17) is 9.26 Å². The second kappa shape index (κ2) is 6.92. The summed E-state index contributed by atoms with van der Waals surface area (Å²) in [4.78, 5) is 12.0. The maximum Gasteiger partial charge on any atom is 0.224 e. The van der Waals surface area contributed by atoms with E-state index >= 15 is 0 Å². The molecule has 5 heteroatoms. The highest BCUT2D eigenvalue weighted by Crippen LogP contribution is 2.14. The van der Waals surface area contributed by atoms with E-state index in [0.717, 1.165) is 22.6 Å². The number of carbonyl (C=O) groups is 1. The predicted octanol–water partition coefficient (Wildman–Crippen LogP) is 2.55. The molecule has 1 aromatic heterocycles. The van der Waals surface area contributed by atoms with Crippen molar-refractivity contribution in [2.75, 3.05) is 6.61 Å². The second-order valence-corrected chi connectivity index (χ2v) is 4.84. The van der Waals surface area contributed by atoms with Crippen LogP contribution in [0.1, 0.15) is 29.5 Å². The van der Waals surface area contributed by atoms with Gasteiger partial charge in [0.05, 0.1) is 18.7 Å². The standard InChI is InChI=1S/C16H20N2O3/c1-4-20-14-7-5-6-13(8-14)10-17-16(19)9-15-11(2)18-21-12(15)3/h5-8H,4,9-10H2,1-3H3,(H,17,19). The average Bonchev–Trinajstić information content (AvgIpc) is 2.78. The molecular formula is C16H20N2O3. The number of aromatic nitrogens is 1. The molecule has 0 saturated carbocycles. The molecule has 2 rings (SSSR count). The molecule has 0 radical (unpaired) electrons. The first-order valence-corrected chi connectivity index (χ1v) is 7.00. The molecule has 5 nitrogen and oxygen atoms in total. The Labute approximate surface area is 124 Å². The van der Waals surface area contributed by atoms with Crippen LogP contribution in [0.2, 0.25) is 0 Å². The van der Waals surface area contributed by atoms with E-state index in [1.165, 1.54) is 0 Å². The van der Waals surface area contributed by atoms with E-state index in [9.17, 15) is 4.79 Å². The quantitative estimate of drug-likeness (QED) is 0.887. The lowest BCUT2D eigenvalue weighted by Crippen LogP contribution is -2.24. The van der Waals surface area contributed by atoms with Gasteiger partial charge in [-0.25, -0.2) is 0 Å². The van der Waals surface area contributed by atoms with E-state index in [1.807, 2.05) is 45.0 Å². The van der Waals surface area contributed by atoms with Crippen molar-refractivity contribution in [3.8, 4) is 5.75 Å². The second-order valence-electron chi connectivity index (χ2n) is 4.84. The summed E-state index contributed by atoms with van der Waals surface area (Å²) in [6.45, 7) is 6.70. The number of benzene rings is 1. The zero-order valence-electron chi connectivity index (χ0n) is 12.6. The Balaban J connectivity index is 1.91. The molecular weight excluding hydrogens is 268 g/mol. The zero-order chi connectivity index (χ0) is 15.2. The van der Waals surface area contributed by atoms with Gasteiger partial charge in [0.2, 0.25) is 5.91 Å². The number of nitrogens with zero attached hydrogens (tertiary/aromatic N) is 1. The summed E-state index contributed by atoms with van der Waals surface area (Å²) < 4.78 is 10.5. The van der Waals surface area contributed by atoms with Crippen LogP contribution in [-0.2, 0) is 17.8 Å². The first kappa shape index (κ1) is 15.1. The molecule has 1 aromatic carbocycles. The van der Waals surface area contributed by atoms with Crippen LogP contribution in [0.5, 0.6) is 5.75 Å². The monoisotopic (exact) mass is 288 g/mol. The summed E-state index contributed by atoms with van der Waals surface area (Å²) in [7, 11) is 0. The Hall–Kier alpha value is -2.30. The molecule has 1 N–H and O–H groups in total. The van der Waals surface area contributed by atoms with E-state index < -0.39 is 0 Å². The first-order valence-electron chi connectivity index (χ1n) is 7.00. The van der Waals surface area contributed by atoms with Crippen LogP contribution in [0.15, 0.2) is 28.8 Å². The van der Waals surface area contributed by atoms with Gasteiger partial charge in [0.1, 0.15) is 11.5 Å². The van der Waals surface area contributed by atoms with Gasteiger partial charge in [-0.05, 0) is 38.5 Å². The lowest BCUT2D eigenvalue weighted by Gasteiger charge is -2.08. The minimum atomic E-state index is -0.0498. The van der Waals surface area contributed by atoms with Gasteiger partial charge in [-0.15, -0.1) is 0 Å². The Bertz CT molecular complexity index is 600. The molecule has 0 atom stereocenters. The Morgan fingerprint density at radius 1 is 1.38 bits per heavy atom. The van der Waals surface area contributed by atoms with Gasteiger partial charge < -0.3 is 14.6 Å². The molecule has 0 saturated heterocycles. The fourth-order valence-corrected chi connectivity index (χ4v) is 2.09. The highest BCUT2D eigenvalue weighted by molar-refractivity contribution is 5.79. The molecule has 0 bridgehead atoms. The van der Waals surface area contributed by atoms with E-state index in [1.54, 1.807) is 0 Å². The van der Waals surface area contributed by atoms with E-state index in [0.29, 0.717) is 18.9 Å². The van der Waals surface area contributed by atoms with Gasteiger partial charge in [0, 0.05) is 12.1 Å². The van der Waals surface area contributed by atoms with Crippen LogP contribution in [0.4, 0.5) is 0 Å². The summed E-state index contributed by atoms with van der Waals surface area (Å²) in [5.74, 6) is 1.46. The number of amides is 1. The van der Waals surface area contributed by atoms with Crippen molar-refractivity contribution in [3.63, 3.8) is 0 Å². The molecule has 1 heterocycles. The molecule has 0 unspecified atom stereocenters. The summed E-state index contributed by atoms with van der Waals surface area (Å²) in [6, 6.07) is 7.71. The largest absolute Gasteiger partial charge is 0.494 e. The number of aryl methyl sites for hydroxylation is 2. The fourth-order valence-electron chi connectivity index (χ4n) is 2.09. The first-order chi connectivity index (χ1) is 10.1. The van der Waals surface area contributed by atoms with Crippen molar-refractivity contribution in [1.29, 1.82) is 0 Å². The average molecular weight is 288 g/mol. The smallest absolute Gasteiger partial charge is 0.224 e. The molecule has 0 fully saturated rings. The molecule has 1 amide bonds. The Morgan fingerprint density at radius 3 is 2.86 bits per heavy atom. The minimum absolute atomic E-state index is 0.0498. The summed E-state index contributed by atoms with van der Waals surface area (Å²) >= 11 is 0. The van der Waals surface area contributed by atoms with Crippen molar-refractivity contribution in [1.82, 2.24) is 10.5 Å². The van der Waals surface area contributed by atoms with E-state index in [-0.39, 0.29) is 12.3 Å². The maximum absolute atomic E-state index is 12.0. The molecule has 0 aliphatic carbocycles. The van der Waals surface area contributed by atoms with Gasteiger partial charge in [0.25, 0.3) is 0 Å². The number of carbonyl (C=O) groups excluding carboxylic acids is 1. The van der Waals surface area contributed by atoms with Crippen LogP contribution in [0.3, 0.4) is 0 Å². The third-order valence-electron chi connectivity index (χ3n) is 3.22. The normalized spacial score (nSPS) is 10.4. The SMILES string of the molecule is CCOc1cccc(CNC(=O)Cc2c(C)noc2C)c1. The number of ether oxygens (including phenoxy) is 1. The van der Waals surface area contributed by atoms with Gasteiger partial charge in [-0.3, -0.25) is 4.79 Å². The van der Waals surface area contributed by atoms with Crippen LogP contribution in [0, 0.1) is 13.8 Å². The molecule has 0 aliphatic heterocycles. The summed E-state index contributed by atoms with van der Waals surface area (Å²) in [5, 5.41) is 6.75. The van der Waals surface area contributed by atoms with Crippen molar-refractivity contribution in [2.45, 2.75) is 33.7 Å². The van der Waals surface area contributed by atoms with Crippen LogP contribution >= 0.6 is 0 Å². The predicted molar refractivity (Wildman–Crippen MR) is 79.1 cm³/mol. The van der Waals surface area contributed by atoms with Gasteiger partial charge >= 0.3 is 0 Å². The maximum atomic E-state index is 12.0. The topological polar surface area (TPSA) is 64.4 Å². The van der Waals surface area contributed by atoms with Gasteiger partial charge in [-0.1, -0.05) is 17.3 Å². The Kier molecular flexibility index (Phi) is 4.98. The highest BCUT2D eigenvalue weighted by Gasteiger charge is 2.13. The fraction of sp³-hybridized carbons (Fsp3) is 0.375. The zero-order valence-corrected chi connectivity index (χ0v) is 12.6. The number of rotatable bonds is 6. The summed E-state index contributed by atoms with van der Waals surface area (Å²) in [5.41, 5.74) is 2.63. The Morgan fingerprint density at radius 2 is 2.19 bits per heavy atom. The summed E-state index contributed by atoms with van der Waals surface area (Å²) in [6.07, 6.45) is 0.284. The molecule has 112 valence electrons. The van der Waals surface area contributed by atoms with Gasteiger partial charge in [-0.2, -0.15) is 0 Å². The molecule has 0 aliphatic rings. The van der Waals surface area contributed by atoms with Crippen molar-refractivity contribution >= 4 is 5.91 Å². The molecule has 21 heavy (non-hydrogen) atoms. The van der Waals surface area contributed by atoms with Crippen molar-refractivity contribution in [3.05, 3.63) is 46.8 Å². The third-order valence-corrected chi connectivity index (χ3v) is 3.22. The van der Waals surface area contributed by atoms with Crippen molar-refractivity contribution < 1.29 is 14.1 Å². The number of hydrogen-bond donors (Lipinski definition) is 1. The molecule has 0 spiro atoms. The number of hydrogen-bond acceptors (Lipinski definition) is 4. The van der Waals surface area contributed by atoms with Crippen molar-refractivity contribution in [2.24, 2.45) is 0 Å².